The number of aryl methyl sites for hydroxylation is 1. The first kappa shape index (κ1) is 23.7. The zero-order valence-electron chi connectivity index (χ0n) is 15.1. The van der Waals surface area contributed by atoms with Gasteiger partial charge in [-0.2, -0.15) is 0 Å². The fourth-order valence-corrected chi connectivity index (χ4v) is 1.18. The maximum absolute atomic E-state index is 4.28. The molecule has 116 valence electrons. The van der Waals surface area contributed by atoms with E-state index >= 15 is 0 Å². The van der Waals surface area contributed by atoms with Gasteiger partial charge in [-0.1, -0.05) is 80.0 Å². The Bertz CT molecular complexity index is 394. The van der Waals surface area contributed by atoms with E-state index in [1.165, 1.54) is 17.4 Å². The molecule has 0 amide bonds. The molecule has 0 saturated carbocycles. The summed E-state index contributed by atoms with van der Waals surface area (Å²) in [4.78, 5) is 4.28. The van der Waals surface area contributed by atoms with Crippen molar-refractivity contribution in [3.8, 4) is 0 Å². The summed E-state index contributed by atoms with van der Waals surface area (Å²) in [5, 5.41) is 1.22. The monoisotopic (exact) mass is 277 g/mol. The van der Waals surface area contributed by atoms with Gasteiger partial charge >= 0.3 is 0 Å². The number of nitrogens with zero attached hydrogens (tertiary/aromatic N) is 1. The molecule has 1 heteroatoms. The second-order valence-electron chi connectivity index (χ2n) is 3.41. The van der Waals surface area contributed by atoms with Crippen LogP contribution in [-0.4, -0.2) is 4.98 Å². The lowest BCUT2D eigenvalue weighted by molar-refractivity contribution is 1.09. The van der Waals surface area contributed by atoms with E-state index in [1.807, 2.05) is 65.9 Å². The number of pyridine rings is 1. The molecule has 0 aliphatic rings. The molecule has 0 unspecified atom stereocenters. The molecule has 0 aliphatic carbocycles. The molecule has 0 atom stereocenters. The Labute approximate surface area is 127 Å². The van der Waals surface area contributed by atoms with E-state index in [9.17, 15) is 0 Å². The molecule has 2 rings (SSSR count). The van der Waals surface area contributed by atoms with Crippen molar-refractivity contribution in [1.29, 1.82) is 0 Å². The minimum absolute atomic E-state index is 1.07. The quantitative estimate of drug-likeness (QED) is 0.503. The molecule has 1 heterocycles. The Balaban J connectivity index is -0.000000275. The zero-order valence-corrected chi connectivity index (χ0v) is 15.1. The maximum atomic E-state index is 4.28. The Hall–Kier alpha value is -1.37. The standard InChI is InChI=1S/C10H9N.C3H8.3C2H6/c1-8-6-9-4-2-3-5-10(9)11-7-8;1-3-2;3*1-2/h2-7H,1H3;3H2,1-2H3;3*1-2H3. The van der Waals surface area contributed by atoms with Crippen LogP contribution in [0.5, 0.6) is 0 Å². The predicted molar refractivity (Wildman–Crippen MR) is 96.5 cm³/mol. The second kappa shape index (κ2) is 20.0. The lowest BCUT2D eigenvalue weighted by atomic mass is 10.2. The van der Waals surface area contributed by atoms with Gasteiger partial charge in [0.15, 0.2) is 0 Å². The molecule has 0 N–H and O–H groups in total. The molecule has 1 aromatic carbocycles. The summed E-state index contributed by atoms with van der Waals surface area (Å²) >= 11 is 0. The van der Waals surface area contributed by atoms with Gasteiger partial charge in [-0.15, -0.1) is 0 Å². The highest BCUT2D eigenvalue weighted by Crippen LogP contribution is 2.11. The minimum atomic E-state index is 1.07. The molecule has 1 nitrogen and oxygen atoms in total. The van der Waals surface area contributed by atoms with Gasteiger partial charge in [-0.25, -0.2) is 0 Å². The van der Waals surface area contributed by atoms with Gasteiger partial charge in [0, 0.05) is 11.6 Å². The second-order valence-corrected chi connectivity index (χ2v) is 3.41. The third kappa shape index (κ3) is 11.7. The average molecular weight is 277 g/mol. The molecule has 0 aliphatic heterocycles. The smallest absolute Gasteiger partial charge is 0.0702 e. The van der Waals surface area contributed by atoms with Crippen LogP contribution in [0, 0.1) is 6.92 Å². The topological polar surface area (TPSA) is 12.9 Å². The first-order valence-electron chi connectivity index (χ1n) is 8.09. The maximum Gasteiger partial charge on any atom is 0.0702 e. The van der Waals surface area contributed by atoms with E-state index < -0.39 is 0 Å². The largest absolute Gasteiger partial charge is 0.256 e. The van der Waals surface area contributed by atoms with Crippen LogP contribution in [-0.2, 0) is 0 Å². The normalized spacial score (nSPS) is 7.45. The number of hydrogen-bond acceptors (Lipinski definition) is 1. The van der Waals surface area contributed by atoms with E-state index in [0.717, 1.165) is 5.52 Å². The summed E-state index contributed by atoms with van der Waals surface area (Å²) in [6.45, 7) is 18.3. The van der Waals surface area contributed by atoms with Crippen molar-refractivity contribution >= 4 is 10.9 Å². The van der Waals surface area contributed by atoms with Gasteiger partial charge < -0.3 is 0 Å². The van der Waals surface area contributed by atoms with Gasteiger partial charge in [0.05, 0.1) is 5.52 Å². The third-order valence-corrected chi connectivity index (χ3v) is 1.73. The molecule has 2 aromatic rings. The Kier molecular flexibility index (Phi) is 23.7. The number of para-hydroxylation sites is 1. The van der Waals surface area contributed by atoms with Crippen molar-refractivity contribution in [2.45, 2.75) is 68.7 Å². The summed E-state index contributed by atoms with van der Waals surface area (Å²) in [7, 11) is 0. The van der Waals surface area contributed by atoms with E-state index in [2.05, 4.69) is 37.9 Å². The van der Waals surface area contributed by atoms with Gasteiger partial charge in [-0.3, -0.25) is 4.98 Å². The Morgan fingerprint density at radius 1 is 0.850 bits per heavy atom. The lowest BCUT2D eigenvalue weighted by Crippen LogP contribution is -1.78. The predicted octanol–water partition coefficient (Wildman–Crippen LogP) is 7.04. The summed E-state index contributed by atoms with van der Waals surface area (Å²) in [6.07, 6.45) is 3.14. The van der Waals surface area contributed by atoms with Crippen LogP contribution in [0.2, 0.25) is 0 Å². The molecule has 20 heavy (non-hydrogen) atoms. The molecular weight excluding hydrogens is 242 g/mol. The van der Waals surface area contributed by atoms with Crippen LogP contribution < -0.4 is 0 Å². The molecular formula is C19H35N. The van der Waals surface area contributed by atoms with Crippen LogP contribution >= 0.6 is 0 Å². The van der Waals surface area contributed by atoms with Crippen molar-refractivity contribution in [2.75, 3.05) is 0 Å². The van der Waals surface area contributed by atoms with E-state index in [4.69, 9.17) is 0 Å². The van der Waals surface area contributed by atoms with Crippen molar-refractivity contribution in [1.82, 2.24) is 4.98 Å². The number of rotatable bonds is 0. The lowest BCUT2D eigenvalue weighted by Gasteiger charge is -1.95. The molecule has 0 radical (unpaired) electrons. The number of hydrogen-bond donors (Lipinski definition) is 0. The Morgan fingerprint density at radius 2 is 1.30 bits per heavy atom. The fourth-order valence-electron chi connectivity index (χ4n) is 1.18. The average Bonchev–Trinajstić information content (AvgIpc) is 2.54. The summed E-state index contributed by atoms with van der Waals surface area (Å²) in [5.41, 5.74) is 2.28. The highest BCUT2D eigenvalue weighted by molar-refractivity contribution is 5.78. The van der Waals surface area contributed by atoms with Crippen LogP contribution in [0.3, 0.4) is 0 Å². The molecule has 1 aromatic heterocycles. The SMILES string of the molecule is CC.CC.CC.CCC.Cc1cnc2ccccc2c1. The number of benzene rings is 1. The van der Waals surface area contributed by atoms with Crippen molar-refractivity contribution in [2.24, 2.45) is 0 Å². The highest BCUT2D eigenvalue weighted by Gasteiger charge is 1.90. The first-order chi connectivity index (χ1) is 9.77. The molecule has 0 spiro atoms. The van der Waals surface area contributed by atoms with Crippen LogP contribution in [0.25, 0.3) is 10.9 Å². The first-order valence-corrected chi connectivity index (χ1v) is 8.09. The van der Waals surface area contributed by atoms with E-state index in [-0.39, 0.29) is 0 Å². The van der Waals surface area contributed by atoms with Crippen molar-refractivity contribution < 1.29 is 0 Å². The van der Waals surface area contributed by atoms with Crippen molar-refractivity contribution in [3.63, 3.8) is 0 Å². The van der Waals surface area contributed by atoms with Crippen molar-refractivity contribution in [3.05, 3.63) is 42.1 Å². The van der Waals surface area contributed by atoms with Gasteiger partial charge in [-0.05, 0) is 24.6 Å². The minimum Gasteiger partial charge on any atom is -0.256 e. The molecule has 0 bridgehead atoms. The van der Waals surface area contributed by atoms with Gasteiger partial charge in [0.2, 0.25) is 0 Å². The summed E-state index contributed by atoms with van der Waals surface area (Å²) < 4.78 is 0. The molecule has 0 fully saturated rings. The number of aromatic nitrogens is 1. The number of fused-ring (bicyclic) bond motifs is 1. The highest BCUT2D eigenvalue weighted by atomic mass is 14.6. The van der Waals surface area contributed by atoms with Crippen LogP contribution in [0.4, 0.5) is 0 Å². The molecule has 0 saturated heterocycles. The fraction of sp³-hybridized carbons (Fsp3) is 0.526. The van der Waals surface area contributed by atoms with Gasteiger partial charge in [0.25, 0.3) is 0 Å². The van der Waals surface area contributed by atoms with Crippen LogP contribution in [0.15, 0.2) is 36.5 Å². The van der Waals surface area contributed by atoms with Gasteiger partial charge in [0.1, 0.15) is 0 Å². The zero-order chi connectivity index (χ0) is 16.4. The summed E-state index contributed by atoms with van der Waals surface area (Å²) in [5.74, 6) is 0. The van der Waals surface area contributed by atoms with Crippen LogP contribution in [0.1, 0.15) is 67.4 Å². The Morgan fingerprint density at radius 3 is 1.80 bits per heavy atom. The summed E-state index contributed by atoms with van der Waals surface area (Å²) in [6, 6.07) is 10.3. The van der Waals surface area contributed by atoms with E-state index in [1.54, 1.807) is 0 Å². The third-order valence-electron chi connectivity index (χ3n) is 1.73. The van der Waals surface area contributed by atoms with E-state index in [0.29, 0.717) is 0 Å².